The summed E-state index contributed by atoms with van der Waals surface area (Å²) in [5.74, 6) is -1.38. The molecule has 0 radical (unpaired) electrons. The predicted molar refractivity (Wildman–Crippen MR) is 253 cm³/mol. The number of nitrogens with one attached hydrogen (secondary N) is 2. The normalized spacial score (nSPS) is 24.3. The fourth-order valence-corrected chi connectivity index (χ4v) is 11.5. The number of rotatable bonds is 14. The van der Waals surface area contributed by atoms with Gasteiger partial charge < -0.3 is 24.6 Å². The molecule has 5 amide bonds. The largest absolute Gasteiger partial charge is 0.490 e. The molecule has 68 heavy (non-hydrogen) atoms. The summed E-state index contributed by atoms with van der Waals surface area (Å²) in [5.41, 5.74) is 1.29. The molecular weight excluding hydrogens is 868 g/mol. The van der Waals surface area contributed by atoms with Crippen LogP contribution in [0.15, 0.2) is 66.9 Å². The van der Waals surface area contributed by atoms with Crippen LogP contribution in [-0.4, -0.2) is 126 Å². The molecule has 15 nitrogen and oxygen atoms in total. The Labute approximate surface area is 396 Å². The number of nitrogens with zero attached hydrogens (tertiary/aromatic N) is 6. The number of aromatic nitrogens is 1. The van der Waals surface area contributed by atoms with Gasteiger partial charge in [0, 0.05) is 92.0 Å². The lowest BCUT2D eigenvalue weighted by atomic mass is 9.49. The second kappa shape index (κ2) is 18.2. The third-order valence-corrected chi connectivity index (χ3v) is 15.0. The highest BCUT2D eigenvalue weighted by Gasteiger charge is 2.64. The van der Waals surface area contributed by atoms with Crippen LogP contribution in [0.1, 0.15) is 97.3 Å². The van der Waals surface area contributed by atoms with Crippen LogP contribution in [-0.2, 0) is 9.59 Å². The molecule has 0 bridgehead atoms. The van der Waals surface area contributed by atoms with Crippen molar-refractivity contribution in [2.24, 2.45) is 16.7 Å². The minimum atomic E-state index is -1.02. The zero-order chi connectivity index (χ0) is 48.2. The lowest BCUT2D eigenvalue weighted by Crippen LogP contribution is -2.74. The highest BCUT2D eigenvalue weighted by atomic mass is 19.1. The standard InChI is InChI=1S/C52H59FN8O7/c1-51(2)49(52(3,4)50(51)68-42-16-13-39(54-5)44-36(42)9-8-20-55-44)57-45(63)31-10-14-40(38(53)25-31)59-21-18-30(19-22-59)29-60(24-23-58(6)7)32-26-34(27-32)67-33-11-12-35-37(28-33)48(66)61(47(35)65)41-15-17-43(62)56-46(41)64/h8-14,16,20,25,28,30,32,34,41,49-50H,15,17-19,21-24,26-27,29H2,1-4,6-7H3,(H,57,63)(H,56,62,64). The van der Waals surface area contributed by atoms with Crippen molar-refractivity contribution in [1.29, 1.82) is 0 Å². The first-order valence-electron chi connectivity index (χ1n) is 23.6. The van der Waals surface area contributed by atoms with Crippen molar-refractivity contribution < 1.29 is 37.8 Å². The van der Waals surface area contributed by atoms with Gasteiger partial charge in [0.05, 0.1) is 28.9 Å². The van der Waals surface area contributed by atoms with Crippen LogP contribution in [0.3, 0.4) is 0 Å². The van der Waals surface area contributed by atoms with Crippen LogP contribution in [0.25, 0.3) is 15.7 Å². The molecule has 2 saturated carbocycles. The molecule has 2 aliphatic carbocycles. The van der Waals surface area contributed by atoms with Gasteiger partial charge in [0.2, 0.25) is 17.5 Å². The average Bonchev–Trinajstić information content (AvgIpc) is 3.54. The minimum absolute atomic E-state index is 0.0587. The van der Waals surface area contributed by atoms with Crippen LogP contribution in [0.5, 0.6) is 11.5 Å². The number of amides is 5. The fourth-order valence-electron chi connectivity index (χ4n) is 11.5. The van der Waals surface area contributed by atoms with Crippen LogP contribution < -0.4 is 25.0 Å². The molecule has 356 valence electrons. The van der Waals surface area contributed by atoms with Gasteiger partial charge in [0.25, 0.3) is 17.7 Å². The van der Waals surface area contributed by atoms with E-state index in [1.165, 1.54) is 6.07 Å². The summed E-state index contributed by atoms with van der Waals surface area (Å²) in [7, 11) is 4.13. The summed E-state index contributed by atoms with van der Waals surface area (Å²) in [6.45, 7) is 19.9. The summed E-state index contributed by atoms with van der Waals surface area (Å²) in [5, 5.41) is 6.19. The maximum Gasteiger partial charge on any atom is 0.262 e. The Morgan fingerprint density at radius 2 is 1.66 bits per heavy atom. The lowest BCUT2D eigenvalue weighted by molar-refractivity contribution is -0.163. The van der Waals surface area contributed by atoms with Crippen LogP contribution in [0, 0.1) is 29.1 Å². The van der Waals surface area contributed by atoms with Crippen molar-refractivity contribution in [3.05, 3.63) is 101 Å². The van der Waals surface area contributed by atoms with Crippen molar-refractivity contribution >= 4 is 51.8 Å². The molecule has 1 atom stereocenters. The summed E-state index contributed by atoms with van der Waals surface area (Å²) in [4.78, 5) is 80.2. The first kappa shape index (κ1) is 46.7. The van der Waals surface area contributed by atoms with Crippen molar-refractivity contribution in [2.45, 2.75) is 96.6 Å². The number of hydrogen-bond acceptors (Lipinski definition) is 11. The molecule has 4 aromatic rings. The number of benzene rings is 3. The molecule has 4 heterocycles. The number of ether oxygens (including phenoxy) is 2. The maximum absolute atomic E-state index is 15.9. The van der Waals surface area contributed by atoms with E-state index in [2.05, 4.69) is 77.0 Å². The third kappa shape index (κ3) is 8.66. The second-order valence-electron chi connectivity index (χ2n) is 20.6. The molecular formula is C52H59FN8O7. The molecule has 3 aromatic carbocycles. The highest BCUT2D eigenvalue weighted by molar-refractivity contribution is 6.23. The number of piperidine rings is 2. The SMILES string of the molecule is [C-]#[N+]c1ccc(OC2C(C)(C)C(NC(=O)c3ccc(N4CCC(CN(CCN(C)C)C5CC(Oc6ccc7c(c6)C(=O)N(C6CCC(=O)NC6=O)C7=O)C5)CC4)c(F)c3)C2(C)C)c2cccnc12. The Bertz CT molecular complexity index is 2710. The van der Waals surface area contributed by atoms with Gasteiger partial charge in [-0.15, -0.1) is 0 Å². The number of fused-ring (bicyclic) bond motifs is 2. The van der Waals surface area contributed by atoms with Crippen LogP contribution >= 0.6 is 0 Å². The van der Waals surface area contributed by atoms with E-state index < -0.39 is 46.3 Å². The molecule has 4 fully saturated rings. The van der Waals surface area contributed by atoms with Gasteiger partial charge in [-0.2, -0.15) is 0 Å². The van der Waals surface area contributed by atoms with E-state index in [4.69, 9.17) is 16.0 Å². The summed E-state index contributed by atoms with van der Waals surface area (Å²) < 4.78 is 28.9. The van der Waals surface area contributed by atoms with Crippen LogP contribution in [0.2, 0.25) is 0 Å². The Hall–Kier alpha value is -6.44. The number of halogens is 1. The molecule has 2 N–H and O–H groups in total. The minimum Gasteiger partial charge on any atom is -0.490 e. The van der Waals surface area contributed by atoms with E-state index in [0.29, 0.717) is 53.4 Å². The monoisotopic (exact) mass is 926 g/mol. The summed E-state index contributed by atoms with van der Waals surface area (Å²) in [6, 6.07) is 15.9. The Kier molecular flexibility index (Phi) is 12.5. The van der Waals surface area contributed by atoms with E-state index in [-0.39, 0.29) is 53.7 Å². The number of likely N-dealkylation sites (N-methyl/N-ethyl adjacent to an activating group) is 1. The van der Waals surface area contributed by atoms with Gasteiger partial charge in [-0.05, 0) is 93.9 Å². The van der Waals surface area contributed by atoms with E-state index in [9.17, 15) is 24.0 Å². The number of pyridine rings is 1. The molecule has 5 aliphatic rings. The maximum atomic E-state index is 15.9. The van der Waals surface area contributed by atoms with E-state index in [1.807, 2.05) is 18.2 Å². The van der Waals surface area contributed by atoms with E-state index in [1.54, 1.807) is 42.6 Å². The topological polar surface area (TPSA) is 158 Å². The first-order valence-corrected chi connectivity index (χ1v) is 23.6. The van der Waals surface area contributed by atoms with Crippen molar-refractivity contribution in [3.8, 4) is 11.5 Å². The smallest absolute Gasteiger partial charge is 0.262 e. The first-order chi connectivity index (χ1) is 32.4. The predicted octanol–water partition coefficient (Wildman–Crippen LogP) is 6.63. The van der Waals surface area contributed by atoms with Crippen molar-refractivity contribution in [3.63, 3.8) is 0 Å². The number of hydrogen-bond donors (Lipinski definition) is 2. The Balaban J connectivity index is 0.769. The van der Waals surface area contributed by atoms with E-state index >= 15 is 4.39 Å². The highest BCUT2D eigenvalue weighted by Crippen LogP contribution is 2.56. The van der Waals surface area contributed by atoms with Gasteiger partial charge in [-0.3, -0.25) is 44.1 Å². The fraction of sp³-hybridized carbons (Fsp3) is 0.481. The molecule has 3 aliphatic heterocycles. The van der Waals surface area contributed by atoms with Gasteiger partial charge in [0.15, 0.2) is 0 Å². The number of carbonyl (C=O) groups excluding carboxylic acids is 5. The number of imide groups is 2. The van der Waals surface area contributed by atoms with Gasteiger partial charge in [-0.1, -0.05) is 33.8 Å². The van der Waals surface area contributed by atoms with Crippen molar-refractivity contribution in [1.82, 2.24) is 30.3 Å². The zero-order valence-electron chi connectivity index (χ0n) is 39.5. The Morgan fingerprint density at radius 1 is 0.926 bits per heavy atom. The summed E-state index contributed by atoms with van der Waals surface area (Å²) >= 11 is 0. The molecule has 0 spiro atoms. The number of anilines is 1. The Morgan fingerprint density at radius 3 is 2.35 bits per heavy atom. The van der Waals surface area contributed by atoms with Crippen LogP contribution in [0.4, 0.5) is 15.8 Å². The summed E-state index contributed by atoms with van der Waals surface area (Å²) in [6.07, 6.45) is 4.90. The molecule has 1 aromatic heterocycles. The van der Waals surface area contributed by atoms with E-state index in [0.717, 1.165) is 55.6 Å². The third-order valence-electron chi connectivity index (χ3n) is 15.0. The molecule has 16 heteroatoms. The molecule has 1 unspecified atom stereocenters. The molecule has 9 rings (SSSR count). The average molecular weight is 927 g/mol. The number of carbonyl (C=O) groups is 5. The van der Waals surface area contributed by atoms with Gasteiger partial charge in [-0.25, -0.2) is 9.24 Å². The quantitative estimate of drug-likeness (QED) is 0.103. The zero-order valence-corrected chi connectivity index (χ0v) is 39.5. The molecule has 2 saturated heterocycles. The second-order valence-corrected chi connectivity index (χ2v) is 20.6. The van der Waals surface area contributed by atoms with Gasteiger partial charge in [0.1, 0.15) is 35.6 Å². The van der Waals surface area contributed by atoms with Crippen molar-refractivity contribution in [2.75, 3.05) is 51.7 Å². The lowest BCUT2D eigenvalue weighted by Gasteiger charge is -2.63. The van der Waals surface area contributed by atoms with Gasteiger partial charge >= 0.3 is 0 Å².